The molecule has 0 amide bonds. The fourth-order valence-electron chi connectivity index (χ4n) is 2.30. The summed E-state index contributed by atoms with van der Waals surface area (Å²) < 4.78 is 12.8. The van der Waals surface area contributed by atoms with E-state index in [2.05, 4.69) is 10.5 Å². The lowest BCUT2D eigenvalue weighted by atomic mass is 10.2. The predicted octanol–water partition coefficient (Wildman–Crippen LogP) is 2.79. The summed E-state index contributed by atoms with van der Waals surface area (Å²) in [6.45, 7) is 0.528. The van der Waals surface area contributed by atoms with E-state index in [1.165, 1.54) is 43.5 Å². The van der Waals surface area contributed by atoms with E-state index in [9.17, 15) is 9.50 Å². The van der Waals surface area contributed by atoms with Crippen LogP contribution in [0.5, 0.6) is 0 Å². The van der Waals surface area contributed by atoms with Crippen LogP contribution in [0, 0.1) is 17.7 Å². The number of oxime groups is 1. The van der Waals surface area contributed by atoms with Gasteiger partial charge in [-0.1, -0.05) is 5.16 Å². The summed E-state index contributed by atoms with van der Waals surface area (Å²) in [5.41, 5.74) is 1.98. The third-order valence-corrected chi connectivity index (χ3v) is 3.81. The molecule has 0 saturated heterocycles. The lowest BCUT2D eigenvalue weighted by Gasteiger charge is -2.12. The third kappa shape index (κ3) is 4.43. The van der Waals surface area contributed by atoms with Gasteiger partial charge in [-0.2, -0.15) is 0 Å². The lowest BCUT2D eigenvalue weighted by molar-refractivity contribution is 0.0461. The van der Waals surface area contributed by atoms with E-state index in [0.29, 0.717) is 18.4 Å². The maximum absolute atomic E-state index is 12.8. The van der Waals surface area contributed by atoms with Gasteiger partial charge in [-0.3, -0.25) is 0 Å². The molecule has 0 spiro atoms. The van der Waals surface area contributed by atoms with Crippen LogP contribution in [-0.2, 0) is 4.84 Å². The first kappa shape index (κ1) is 14.3. The largest absolute Gasteiger partial charge is 0.393 e. The summed E-state index contributed by atoms with van der Waals surface area (Å²) in [6.07, 6.45) is 4.28. The van der Waals surface area contributed by atoms with E-state index in [1.807, 2.05) is 0 Å². The Labute approximate surface area is 124 Å². The Kier molecular flexibility index (Phi) is 4.39. The van der Waals surface area contributed by atoms with Gasteiger partial charge in [0.05, 0.1) is 5.71 Å². The van der Waals surface area contributed by atoms with Crippen molar-refractivity contribution in [3.63, 3.8) is 0 Å². The van der Waals surface area contributed by atoms with Gasteiger partial charge in [-0.15, -0.1) is 0 Å². The van der Waals surface area contributed by atoms with Gasteiger partial charge in [0, 0.05) is 24.1 Å². The second-order valence-electron chi connectivity index (χ2n) is 5.90. The van der Waals surface area contributed by atoms with Gasteiger partial charge in [0.2, 0.25) is 0 Å². The molecule has 0 aliphatic heterocycles. The summed E-state index contributed by atoms with van der Waals surface area (Å²) in [4.78, 5) is 5.31. The van der Waals surface area contributed by atoms with E-state index < -0.39 is 6.10 Å². The van der Waals surface area contributed by atoms with E-state index in [-0.39, 0.29) is 12.4 Å². The van der Waals surface area contributed by atoms with Crippen LogP contribution in [0.4, 0.5) is 10.1 Å². The SMILES string of the molecule is OC(CNc1ccc(F)cc1)CON=C(C1CC1)C1CC1. The van der Waals surface area contributed by atoms with Crippen molar-refractivity contribution in [2.75, 3.05) is 18.5 Å². The number of nitrogens with one attached hydrogen (secondary N) is 1. The van der Waals surface area contributed by atoms with Crippen LogP contribution in [0.1, 0.15) is 25.7 Å². The normalized spacial score (nSPS) is 19.0. The minimum atomic E-state index is -0.640. The highest BCUT2D eigenvalue weighted by Gasteiger charge is 2.38. The van der Waals surface area contributed by atoms with E-state index in [0.717, 1.165) is 5.69 Å². The monoisotopic (exact) mass is 292 g/mol. The summed E-state index contributed by atoms with van der Waals surface area (Å²) in [5.74, 6) is 0.991. The first-order chi connectivity index (χ1) is 10.2. The third-order valence-electron chi connectivity index (χ3n) is 3.81. The second kappa shape index (κ2) is 6.43. The number of benzene rings is 1. The number of aliphatic hydroxyl groups is 1. The molecule has 2 aliphatic carbocycles. The number of nitrogens with zero attached hydrogens (tertiary/aromatic N) is 1. The first-order valence-corrected chi connectivity index (χ1v) is 7.59. The smallest absolute Gasteiger partial charge is 0.144 e. The van der Waals surface area contributed by atoms with Crippen molar-refractivity contribution >= 4 is 11.4 Å². The molecule has 1 unspecified atom stereocenters. The molecule has 1 atom stereocenters. The molecule has 2 saturated carbocycles. The highest BCUT2D eigenvalue weighted by atomic mass is 19.1. The van der Waals surface area contributed by atoms with Crippen molar-refractivity contribution in [2.24, 2.45) is 17.0 Å². The summed E-state index contributed by atoms with van der Waals surface area (Å²) in [6, 6.07) is 6.04. The van der Waals surface area contributed by atoms with Gasteiger partial charge >= 0.3 is 0 Å². The molecule has 0 radical (unpaired) electrons. The molecule has 2 fully saturated rings. The molecule has 21 heavy (non-hydrogen) atoms. The minimum Gasteiger partial charge on any atom is -0.393 e. The van der Waals surface area contributed by atoms with Crippen molar-refractivity contribution in [1.29, 1.82) is 0 Å². The second-order valence-corrected chi connectivity index (χ2v) is 5.90. The number of anilines is 1. The zero-order chi connectivity index (χ0) is 14.7. The number of hydrogen-bond donors (Lipinski definition) is 2. The van der Waals surface area contributed by atoms with Crippen LogP contribution < -0.4 is 5.32 Å². The molecule has 1 aromatic rings. The van der Waals surface area contributed by atoms with Crippen molar-refractivity contribution in [2.45, 2.75) is 31.8 Å². The fourth-order valence-corrected chi connectivity index (χ4v) is 2.30. The van der Waals surface area contributed by atoms with Crippen LogP contribution in [0.3, 0.4) is 0 Å². The van der Waals surface area contributed by atoms with Gasteiger partial charge in [0.15, 0.2) is 0 Å². The Balaban J connectivity index is 1.38. The van der Waals surface area contributed by atoms with E-state index in [1.54, 1.807) is 12.1 Å². The van der Waals surface area contributed by atoms with Crippen molar-refractivity contribution in [3.8, 4) is 0 Å². The van der Waals surface area contributed by atoms with Crippen LogP contribution in [0.25, 0.3) is 0 Å². The molecule has 1 aromatic carbocycles. The number of aliphatic hydroxyl groups excluding tert-OH is 1. The van der Waals surface area contributed by atoms with E-state index in [4.69, 9.17) is 4.84 Å². The fraction of sp³-hybridized carbons (Fsp3) is 0.562. The zero-order valence-corrected chi connectivity index (χ0v) is 12.0. The molecule has 2 aliphatic rings. The van der Waals surface area contributed by atoms with Crippen LogP contribution in [-0.4, -0.2) is 30.1 Å². The van der Waals surface area contributed by atoms with Crippen molar-refractivity contribution in [3.05, 3.63) is 30.1 Å². The highest BCUT2D eigenvalue weighted by molar-refractivity contribution is 5.92. The molecule has 0 bridgehead atoms. The Morgan fingerprint density at radius 2 is 1.86 bits per heavy atom. The van der Waals surface area contributed by atoms with Crippen LogP contribution >= 0.6 is 0 Å². The quantitative estimate of drug-likeness (QED) is 0.572. The van der Waals surface area contributed by atoms with Crippen LogP contribution in [0.2, 0.25) is 0 Å². The van der Waals surface area contributed by atoms with Crippen molar-refractivity contribution in [1.82, 2.24) is 0 Å². The Hall–Kier alpha value is -1.62. The Bertz CT molecular complexity index is 482. The van der Waals surface area contributed by atoms with Gasteiger partial charge in [-0.05, 0) is 49.9 Å². The highest BCUT2D eigenvalue weighted by Crippen LogP contribution is 2.42. The molecular formula is C16H21FN2O2. The average molecular weight is 292 g/mol. The topological polar surface area (TPSA) is 53.8 Å². The average Bonchev–Trinajstić information content (AvgIpc) is 3.37. The minimum absolute atomic E-state index is 0.178. The first-order valence-electron chi connectivity index (χ1n) is 7.59. The molecular weight excluding hydrogens is 271 g/mol. The summed E-state index contributed by atoms with van der Waals surface area (Å²) in [5, 5.41) is 17.1. The standard InChI is InChI=1S/C16H21FN2O2/c17-13-5-7-14(8-6-13)18-9-15(20)10-21-19-16(11-1-2-11)12-3-4-12/h5-8,11-12,15,18,20H,1-4,9-10H2. The van der Waals surface area contributed by atoms with E-state index >= 15 is 0 Å². The Morgan fingerprint density at radius 1 is 1.24 bits per heavy atom. The van der Waals surface area contributed by atoms with Gasteiger partial charge < -0.3 is 15.3 Å². The maximum Gasteiger partial charge on any atom is 0.144 e. The van der Waals surface area contributed by atoms with Gasteiger partial charge in [-0.25, -0.2) is 4.39 Å². The molecule has 5 heteroatoms. The lowest BCUT2D eigenvalue weighted by Crippen LogP contribution is -2.24. The van der Waals surface area contributed by atoms with Gasteiger partial charge in [0.1, 0.15) is 18.5 Å². The zero-order valence-electron chi connectivity index (χ0n) is 12.0. The van der Waals surface area contributed by atoms with Crippen molar-refractivity contribution < 1.29 is 14.3 Å². The maximum atomic E-state index is 12.8. The number of hydrogen-bond acceptors (Lipinski definition) is 4. The Morgan fingerprint density at radius 3 is 2.43 bits per heavy atom. The molecule has 0 aromatic heterocycles. The molecule has 4 nitrogen and oxygen atoms in total. The predicted molar refractivity (Wildman–Crippen MR) is 79.7 cm³/mol. The number of halogens is 1. The molecule has 3 rings (SSSR count). The summed E-state index contributed by atoms with van der Waals surface area (Å²) in [7, 11) is 0. The number of rotatable bonds is 8. The van der Waals surface area contributed by atoms with Crippen LogP contribution in [0.15, 0.2) is 29.4 Å². The molecule has 114 valence electrons. The molecule has 2 N–H and O–H groups in total. The summed E-state index contributed by atoms with van der Waals surface area (Å²) >= 11 is 0. The molecule has 0 heterocycles. The van der Waals surface area contributed by atoms with Gasteiger partial charge in [0.25, 0.3) is 0 Å².